The lowest BCUT2D eigenvalue weighted by atomic mass is 10.0. The minimum atomic E-state index is 0.877. The maximum absolute atomic E-state index is 5.27. The summed E-state index contributed by atoms with van der Waals surface area (Å²) < 4.78 is 10.5. The van der Waals surface area contributed by atoms with Crippen LogP contribution < -0.4 is 4.74 Å². The number of hydrogen-bond acceptors (Lipinski definition) is 2. The van der Waals surface area contributed by atoms with Crippen LogP contribution in [0.15, 0.2) is 30.0 Å². The van der Waals surface area contributed by atoms with Gasteiger partial charge in [-0.15, -0.1) is 0 Å². The first-order valence-electron chi connectivity index (χ1n) is 5.11. The Morgan fingerprint density at radius 3 is 2.53 bits per heavy atom. The lowest BCUT2D eigenvalue weighted by molar-refractivity contribution is 0.295. The number of rotatable bonds is 4. The average Bonchev–Trinajstić information content (AvgIpc) is 2.30. The summed E-state index contributed by atoms with van der Waals surface area (Å²) in [6, 6.07) is 8.04. The maximum atomic E-state index is 5.27. The third-order valence-corrected chi connectivity index (χ3v) is 2.50. The minimum Gasteiger partial charge on any atom is -0.501 e. The van der Waals surface area contributed by atoms with Crippen molar-refractivity contribution in [2.45, 2.75) is 20.3 Å². The predicted octanol–water partition coefficient (Wildman–Crippen LogP) is 3.48. The van der Waals surface area contributed by atoms with E-state index in [1.54, 1.807) is 14.2 Å². The van der Waals surface area contributed by atoms with E-state index in [4.69, 9.17) is 9.47 Å². The van der Waals surface area contributed by atoms with Crippen molar-refractivity contribution >= 4 is 5.57 Å². The van der Waals surface area contributed by atoms with Crippen LogP contribution in [-0.2, 0) is 4.74 Å². The van der Waals surface area contributed by atoms with Crippen molar-refractivity contribution in [3.63, 3.8) is 0 Å². The van der Waals surface area contributed by atoms with Gasteiger partial charge in [-0.05, 0) is 36.6 Å². The Morgan fingerprint density at radius 2 is 2.00 bits per heavy atom. The highest BCUT2D eigenvalue weighted by molar-refractivity contribution is 5.68. The van der Waals surface area contributed by atoms with Crippen LogP contribution in [0.2, 0.25) is 0 Å². The molecular formula is C13H18O2. The fraction of sp³-hybridized carbons (Fsp3) is 0.385. The van der Waals surface area contributed by atoms with Gasteiger partial charge in [-0.1, -0.05) is 19.1 Å². The van der Waals surface area contributed by atoms with E-state index in [1.807, 2.05) is 25.1 Å². The van der Waals surface area contributed by atoms with E-state index in [9.17, 15) is 0 Å². The van der Waals surface area contributed by atoms with Crippen LogP contribution in [0.4, 0.5) is 0 Å². The zero-order valence-corrected chi connectivity index (χ0v) is 9.83. The van der Waals surface area contributed by atoms with Crippen LogP contribution in [0.3, 0.4) is 0 Å². The molecule has 0 unspecified atom stereocenters. The van der Waals surface area contributed by atoms with Gasteiger partial charge in [0.2, 0.25) is 0 Å². The average molecular weight is 206 g/mol. The van der Waals surface area contributed by atoms with Crippen LogP contribution in [0.25, 0.3) is 5.57 Å². The molecule has 0 saturated heterocycles. The molecule has 0 heterocycles. The third-order valence-electron chi connectivity index (χ3n) is 2.50. The predicted molar refractivity (Wildman–Crippen MR) is 62.9 cm³/mol. The zero-order chi connectivity index (χ0) is 11.3. The molecule has 0 bridgehead atoms. The maximum Gasteiger partial charge on any atom is 0.119 e. The molecule has 1 aromatic carbocycles. The van der Waals surface area contributed by atoms with Gasteiger partial charge in [0.05, 0.1) is 20.0 Å². The van der Waals surface area contributed by atoms with Crippen molar-refractivity contribution in [1.29, 1.82) is 0 Å². The molecule has 1 aromatic rings. The van der Waals surface area contributed by atoms with Crippen LogP contribution in [0.5, 0.6) is 5.75 Å². The number of ether oxygens (including phenoxy) is 2. The molecule has 0 aliphatic carbocycles. The normalized spacial score (nSPS) is 12.0. The smallest absolute Gasteiger partial charge is 0.119 e. The summed E-state index contributed by atoms with van der Waals surface area (Å²) in [4.78, 5) is 0. The van der Waals surface area contributed by atoms with Gasteiger partial charge in [-0.3, -0.25) is 0 Å². The van der Waals surface area contributed by atoms with E-state index in [-0.39, 0.29) is 0 Å². The Labute approximate surface area is 91.5 Å². The third kappa shape index (κ3) is 2.75. The fourth-order valence-corrected chi connectivity index (χ4v) is 1.59. The van der Waals surface area contributed by atoms with E-state index < -0.39 is 0 Å². The highest BCUT2D eigenvalue weighted by atomic mass is 16.5. The standard InChI is InChI=1S/C13H18O2/c1-5-13(10(2)14-3)11-7-6-8-12(9-11)15-4/h6-9H,5H2,1-4H3/b13-10-. The van der Waals surface area contributed by atoms with Gasteiger partial charge in [0.25, 0.3) is 0 Å². The second kappa shape index (κ2) is 5.44. The van der Waals surface area contributed by atoms with Crippen molar-refractivity contribution in [3.05, 3.63) is 35.6 Å². The Balaban J connectivity index is 3.13. The SMILES string of the molecule is CC/C(=C(\C)OC)c1cccc(OC)c1. The molecule has 0 aliphatic rings. The number of benzene rings is 1. The molecule has 0 aromatic heterocycles. The first-order chi connectivity index (χ1) is 7.22. The fourth-order valence-electron chi connectivity index (χ4n) is 1.59. The van der Waals surface area contributed by atoms with Gasteiger partial charge in [-0.25, -0.2) is 0 Å². The summed E-state index contributed by atoms with van der Waals surface area (Å²) in [5, 5.41) is 0. The highest BCUT2D eigenvalue weighted by Gasteiger charge is 2.05. The zero-order valence-electron chi connectivity index (χ0n) is 9.83. The molecule has 82 valence electrons. The molecular weight excluding hydrogens is 188 g/mol. The molecule has 0 fully saturated rings. The summed E-state index contributed by atoms with van der Waals surface area (Å²) in [6.07, 6.45) is 0.951. The first-order valence-corrected chi connectivity index (χ1v) is 5.11. The second-order valence-corrected chi connectivity index (χ2v) is 3.32. The number of hydrogen-bond donors (Lipinski definition) is 0. The first kappa shape index (κ1) is 11.6. The van der Waals surface area contributed by atoms with E-state index >= 15 is 0 Å². The monoisotopic (exact) mass is 206 g/mol. The molecule has 0 spiro atoms. The van der Waals surface area contributed by atoms with Crippen LogP contribution in [-0.4, -0.2) is 14.2 Å². The van der Waals surface area contributed by atoms with Gasteiger partial charge >= 0.3 is 0 Å². The van der Waals surface area contributed by atoms with Gasteiger partial charge in [0.1, 0.15) is 5.75 Å². The summed E-state index contributed by atoms with van der Waals surface area (Å²) in [6.45, 7) is 4.11. The molecule has 0 atom stereocenters. The second-order valence-electron chi connectivity index (χ2n) is 3.32. The summed E-state index contributed by atoms with van der Waals surface area (Å²) in [5.74, 6) is 1.84. The molecule has 0 aliphatic heterocycles. The topological polar surface area (TPSA) is 18.5 Å². The van der Waals surface area contributed by atoms with Crippen molar-refractivity contribution in [3.8, 4) is 5.75 Å². The van der Waals surface area contributed by atoms with Crippen molar-refractivity contribution < 1.29 is 9.47 Å². The van der Waals surface area contributed by atoms with Crippen LogP contribution >= 0.6 is 0 Å². The molecule has 0 amide bonds. The highest BCUT2D eigenvalue weighted by Crippen LogP contribution is 2.25. The Kier molecular flexibility index (Phi) is 4.22. The molecule has 2 heteroatoms. The Hall–Kier alpha value is -1.44. The molecule has 1 rings (SSSR count). The van der Waals surface area contributed by atoms with Crippen LogP contribution in [0.1, 0.15) is 25.8 Å². The lowest BCUT2D eigenvalue weighted by Crippen LogP contribution is -1.91. The quantitative estimate of drug-likeness (QED) is 0.702. The molecule has 15 heavy (non-hydrogen) atoms. The summed E-state index contributed by atoms with van der Waals surface area (Å²) in [7, 11) is 3.38. The molecule has 0 saturated carbocycles. The minimum absolute atomic E-state index is 0.877. The van der Waals surface area contributed by atoms with E-state index in [0.29, 0.717) is 0 Å². The largest absolute Gasteiger partial charge is 0.501 e. The van der Waals surface area contributed by atoms with Crippen molar-refractivity contribution in [2.24, 2.45) is 0 Å². The summed E-state index contributed by atoms with van der Waals surface area (Å²) in [5.41, 5.74) is 2.38. The molecule has 2 nitrogen and oxygen atoms in total. The lowest BCUT2D eigenvalue weighted by Gasteiger charge is -2.10. The Bertz CT molecular complexity index is 353. The van der Waals surface area contributed by atoms with Gasteiger partial charge in [-0.2, -0.15) is 0 Å². The van der Waals surface area contributed by atoms with E-state index in [1.165, 1.54) is 5.57 Å². The molecule has 0 N–H and O–H groups in total. The Morgan fingerprint density at radius 1 is 1.27 bits per heavy atom. The van der Waals surface area contributed by atoms with Gasteiger partial charge in [0.15, 0.2) is 0 Å². The van der Waals surface area contributed by atoms with E-state index in [0.717, 1.165) is 23.5 Å². The number of allylic oxidation sites excluding steroid dienone is 2. The van der Waals surface area contributed by atoms with Gasteiger partial charge in [0, 0.05) is 0 Å². The van der Waals surface area contributed by atoms with Crippen LogP contribution in [0, 0.1) is 0 Å². The number of methoxy groups -OCH3 is 2. The van der Waals surface area contributed by atoms with Crippen molar-refractivity contribution in [2.75, 3.05) is 14.2 Å². The van der Waals surface area contributed by atoms with Gasteiger partial charge < -0.3 is 9.47 Å². The summed E-state index contributed by atoms with van der Waals surface area (Å²) >= 11 is 0. The van der Waals surface area contributed by atoms with Crippen molar-refractivity contribution in [1.82, 2.24) is 0 Å². The molecule has 0 radical (unpaired) electrons. The van der Waals surface area contributed by atoms with E-state index in [2.05, 4.69) is 13.0 Å².